The molecule has 1 aliphatic rings. The normalized spacial score (nSPS) is 13.4. The quantitative estimate of drug-likeness (QED) is 0.629. The van der Waals surface area contributed by atoms with E-state index in [0.717, 1.165) is 41.8 Å². The van der Waals surface area contributed by atoms with E-state index in [1.54, 1.807) is 18.2 Å². The van der Waals surface area contributed by atoms with E-state index in [1.807, 2.05) is 18.2 Å². The Bertz CT molecular complexity index is 872. The van der Waals surface area contributed by atoms with Crippen molar-refractivity contribution in [1.29, 1.82) is 0 Å². The zero-order valence-corrected chi connectivity index (χ0v) is 17.9. The Morgan fingerprint density at radius 2 is 2.00 bits per heavy atom. The summed E-state index contributed by atoms with van der Waals surface area (Å²) in [6, 6.07) is 10.8. The van der Waals surface area contributed by atoms with Gasteiger partial charge in [-0.2, -0.15) is 0 Å². The van der Waals surface area contributed by atoms with Crippen molar-refractivity contribution in [2.75, 3.05) is 30.4 Å². The highest BCUT2D eigenvalue weighted by molar-refractivity contribution is 9.10. The fourth-order valence-corrected chi connectivity index (χ4v) is 3.92. The summed E-state index contributed by atoms with van der Waals surface area (Å²) in [4.78, 5) is 14.8. The highest BCUT2D eigenvalue weighted by atomic mass is 79.9. The summed E-state index contributed by atoms with van der Waals surface area (Å²) in [5.41, 5.74) is 2.08. The minimum Gasteiger partial charge on any atom is -0.496 e. The predicted octanol–water partition coefficient (Wildman–Crippen LogP) is 4.84. The van der Waals surface area contributed by atoms with Gasteiger partial charge in [0.05, 0.1) is 29.1 Å². The largest absolute Gasteiger partial charge is 0.496 e. The maximum Gasteiger partial charge on any atom is 0.261 e. The molecule has 27 heavy (non-hydrogen) atoms. The number of benzene rings is 2. The van der Waals surface area contributed by atoms with Gasteiger partial charge in [0.2, 0.25) is 0 Å². The number of nitrogens with one attached hydrogen (secondary N) is 2. The molecule has 0 aliphatic carbocycles. The molecule has 1 aliphatic heterocycles. The van der Waals surface area contributed by atoms with Gasteiger partial charge in [0.15, 0.2) is 5.11 Å². The number of para-hydroxylation sites is 1. The molecule has 5 nitrogen and oxygen atoms in total. The molecule has 1 saturated heterocycles. The van der Waals surface area contributed by atoms with E-state index in [1.165, 1.54) is 7.11 Å². The van der Waals surface area contributed by atoms with E-state index in [0.29, 0.717) is 16.3 Å². The van der Waals surface area contributed by atoms with Gasteiger partial charge in [-0.1, -0.05) is 33.6 Å². The summed E-state index contributed by atoms with van der Waals surface area (Å²) in [7, 11) is 1.52. The number of hydrogen-bond donors (Lipinski definition) is 2. The number of thiocarbonyl (C=S) groups is 1. The van der Waals surface area contributed by atoms with E-state index in [2.05, 4.69) is 31.5 Å². The molecule has 3 rings (SSSR count). The van der Waals surface area contributed by atoms with Gasteiger partial charge in [-0.15, -0.1) is 0 Å². The number of hydrogen-bond acceptors (Lipinski definition) is 4. The van der Waals surface area contributed by atoms with Crippen LogP contribution in [0.15, 0.2) is 40.9 Å². The summed E-state index contributed by atoms with van der Waals surface area (Å²) >= 11 is 15.1. The first-order valence-corrected chi connectivity index (χ1v) is 10.1. The number of halogens is 2. The second kappa shape index (κ2) is 8.91. The summed E-state index contributed by atoms with van der Waals surface area (Å²) < 4.78 is 6.03. The van der Waals surface area contributed by atoms with Crippen molar-refractivity contribution in [3.05, 3.63) is 51.5 Å². The second-order valence-electron chi connectivity index (χ2n) is 6.08. The zero-order chi connectivity index (χ0) is 19.4. The molecule has 142 valence electrons. The van der Waals surface area contributed by atoms with Gasteiger partial charge in [-0.3, -0.25) is 10.1 Å². The van der Waals surface area contributed by atoms with Crippen LogP contribution in [0.2, 0.25) is 5.02 Å². The van der Waals surface area contributed by atoms with E-state index in [-0.39, 0.29) is 11.0 Å². The van der Waals surface area contributed by atoms with Crippen molar-refractivity contribution >= 4 is 62.1 Å². The number of carbonyl (C=O) groups excluding carboxylic acids is 1. The van der Waals surface area contributed by atoms with Crippen LogP contribution in [-0.4, -0.2) is 31.2 Å². The Hall–Kier alpha value is -1.83. The van der Waals surface area contributed by atoms with Gasteiger partial charge in [0.1, 0.15) is 5.75 Å². The van der Waals surface area contributed by atoms with Crippen LogP contribution in [0.1, 0.15) is 23.2 Å². The highest BCUT2D eigenvalue weighted by Crippen LogP contribution is 2.36. The number of ether oxygens (including phenoxy) is 1. The molecule has 0 atom stereocenters. The number of nitrogens with zero attached hydrogens (tertiary/aromatic N) is 1. The first-order chi connectivity index (χ1) is 13.0. The summed E-state index contributed by atoms with van der Waals surface area (Å²) in [5, 5.41) is 6.66. The summed E-state index contributed by atoms with van der Waals surface area (Å²) in [6.07, 6.45) is 2.27. The molecular weight excluding hydrogens is 450 g/mol. The average molecular weight is 469 g/mol. The molecule has 0 bridgehead atoms. The number of methoxy groups -OCH3 is 1. The fraction of sp³-hybridized carbons (Fsp3) is 0.263. The van der Waals surface area contributed by atoms with Crippen LogP contribution in [0.25, 0.3) is 0 Å². The van der Waals surface area contributed by atoms with Crippen molar-refractivity contribution < 1.29 is 9.53 Å². The first-order valence-electron chi connectivity index (χ1n) is 8.49. The van der Waals surface area contributed by atoms with E-state index in [9.17, 15) is 4.79 Å². The van der Waals surface area contributed by atoms with Crippen LogP contribution in [0.4, 0.5) is 11.4 Å². The predicted molar refractivity (Wildman–Crippen MR) is 117 cm³/mol. The molecular formula is C19H19BrClN3O2S. The Balaban J connectivity index is 1.76. The lowest BCUT2D eigenvalue weighted by Crippen LogP contribution is -2.35. The SMILES string of the molecule is COc1ccc(Br)cc1C(=O)NC(=S)Nc1cccc(Cl)c1N1CCCC1. The number of rotatable bonds is 4. The molecule has 1 heterocycles. The van der Waals surface area contributed by atoms with Crippen LogP contribution in [0.3, 0.4) is 0 Å². The zero-order valence-electron chi connectivity index (χ0n) is 14.7. The van der Waals surface area contributed by atoms with Crippen LogP contribution >= 0.6 is 39.7 Å². The second-order valence-corrected chi connectivity index (χ2v) is 7.81. The van der Waals surface area contributed by atoms with Crippen LogP contribution in [0.5, 0.6) is 5.75 Å². The van der Waals surface area contributed by atoms with Crippen molar-refractivity contribution in [3.8, 4) is 5.75 Å². The molecule has 1 fully saturated rings. The Morgan fingerprint density at radius 3 is 2.70 bits per heavy atom. The fourth-order valence-electron chi connectivity index (χ4n) is 3.06. The Labute approximate surface area is 177 Å². The molecule has 2 N–H and O–H groups in total. The van der Waals surface area contributed by atoms with Crippen molar-refractivity contribution in [3.63, 3.8) is 0 Å². The number of amides is 1. The van der Waals surface area contributed by atoms with E-state index in [4.69, 9.17) is 28.6 Å². The molecule has 2 aromatic rings. The van der Waals surface area contributed by atoms with Gasteiger partial charge in [-0.25, -0.2) is 0 Å². The molecule has 0 unspecified atom stereocenters. The monoisotopic (exact) mass is 467 g/mol. The van der Waals surface area contributed by atoms with Crippen LogP contribution in [-0.2, 0) is 0 Å². The molecule has 1 amide bonds. The van der Waals surface area contributed by atoms with Gasteiger partial charge < -0.3 is 15.0 Å². The molecule has 0 aromatic heterocycles. The first kappa shape index (κ1) is 19.9. The minimum absolute atomic E-state index is 0.199. The summed E-state index contributed by atoms with van der Waals surface area (Å²) in [5.74, 6) is 0.120. The smallest absolute Gasteiger partial charge is 0.261 e. The van der Waals surface area contributed by atoms with Gasteiger partial charge in [-0.05, 0) is 55.4 Å². The van der Waals surface area contributed by atoms with E-state index >= 15 is 0 Å². The lowest BCUT2D eigenvalue weighted by Gasteiger charge is -2.23. The lowest BCUT2D eigenvalue weighted by atomic mass is 10.2. The maximum atomic E-state index is 12.6. The standard InChI is InChI=1S/C19H19BrClN3O2S/c1-26-16-8-7-12(20)11-13(16)18(25)23-19(27)22-15-6-4-5-14(21)17(15)24-9-2-3-10-24/h4-8,11H,2-3,9-10H2,1H3,(H2,22,23,25,27). The Kier molecular flexibility index (Phi) is 6.57. The maximum absolute atomic E-state index is 12.6. The van der Waals surface area contributed by atoms with Crippen LogP contribution < -0.4 is 20.3 Å². The average Bonchev–Trinajstić information content (AvgIpc) is 3.15. The topological polar surface area (TPSA) is 53.6 Å². The lowest BCUT2D eigenvalue weighted by molar-refractivity contribution is 0.0974. The molecule has 0 saturated carbocycles. The third-order valence-electron chi connectivity index (χ3n) is 4.29. The molecule has 0 spiro atoms. The third kappa shape index (κ3) is 4.72. The third-order valence-corrected chi connectivity index (χ3v) is 5.29. The number of anilines is 2. The molecule has 2 aromatic carbocycles. The van der Waals surface area contributed by atoms with Crippen molar-refractivity contribution in [2.45, 2.75) is 12.8 Å². The molecule has 0 radical (unpaired) electrons. The highest BCUT2D eigenvalue weighted by Gasteiger charge is 2.20. The number of carbonyl (C=O) groups is 1. The van der Waals surface area contributed by atoms with Crippen molar-refractivity contribution in [2.24, 2.45) is 0 Å². The van der Waals surface area contributed by atoms with Crippen molar-refractivity contribution in [1.82, 2.24) is 5.32 Å². The van der Waals surface area contributed by atoms with E-state index < -0.39 is 0 Å². The summed E-state index contributed by atoms with van der Waals surface area (Å²) in [6.45, 7) is 1.90. The minimum atomic E-state index is -0.351. The Morgan fingerprint density at radius 1 is 1.26 bits per heavy atom. The van der Waals surface area contributed by atoms with Gasteiger partial charge in [0, 0.05) is 17.6 Å². The van der Waals surface area contributed by atoms with Gasteiger partial charge in [0.25, 0.3) is 5.91 Å². The molecule has 8 heteroatoms. The van der Waals surface area contributed by atoms with Gasteiger partial charge >= 0.3 is 0 Å². The van der Waals surface area contributed by atoms with Crippen LogP contribution in [0, 0.1) is 0 Å².